The van der Waals surface area contributed by atoms with Gasteiger partial charge in [-0.15, -0.1) is 0 Å². The van der Waals surface area contributed by atoms with Gasteiger partial charge in [0.1, 0.15) is 0 Å². The molecule has 1 aromatic rings. The van der Waals surface area contributed by atoms with Crippen molar-refractivity contribution in [3.63, 3.8) is 0 Å². The molecule has 0 bridgehead atoms. The number of carbonyl (C=O) groups is 2. The zero-order valence-corrected chi connectivity index (χ0v) is 12.1. The summed E-state index contributed by atoms with van der Waals surface area (Å²) in [5.41, 5.74) is 6.90. The standard InChI is InChI=1S/C13H21N3O4/c1-4-6-7-19-10(17)8-20-13(18)12-11(14)9(5-2)15-16(12)3/h4-8,14H2,1-3H3. The summed E-state index contributed by atoms with van der Waals surface area (Å²) in [5, 5.41) is 4.11. The van der Waals surface area contributed by atoms with Crippen molar-refractivity contribution in [3.8, 4) is 0 Å². The van der Waals surface area contributed by atoms with Crippen LogP contribution in [0.3, 0.4) is 0 Å². The fourth-order valence-electron chi connectivity index (χ4n) is 1.66. The molecule has 0 atom stereocenters. The Balaban J connectivity index is 2.55. The average molecular weight is 283 g/mol. The molecule has 7 heteroatoms. The summed E-state index contributed by atoms with van der Waals surface area (Å²) in [6, 6.07) is 0. The molecule has 0 aliphatic carbocycles. The number of aromatic nitrogens is 2. The van der Waals surface area contributed by atoms with Gasteiger partial charge in [0.2, 0.25) is 0 Å². The van der Waals surface area contributed by atoms with Crippen LogP contribution in [0, 0.1) is 0 Å². The Labute approximate surface area is 118 Å². The number of carbonyl (C=O) groups excluding carboxylic acids is 2. The molecule has 0 aliphatic rings. The van der Waals surface area contributed by atoms with Gasteiger partial charge in [0.15, 0.2) is 12.3 Å². The molecular formula is C13H21N3O4. The summed E-state index contributed by atoms with van der Waals surface area (Å²) in [5.74, 6) is -1.24. The lowest BCUT2D eigenvalue weighted by atomic mass is 10.2. The van der Waals surface area contributed by atoms with Gasteiger partial charge < -0.3 is 15.2 Å². The Morgan fingerprint density at radius 2 is 2.00 bits per heavy atom. The molecule has 1 heterocycles. The highest BCUT2D eigenvalue weighted by molar-refractivity contribution is 5.94. The average Bonchev–Trinajstić information content (AvgIpc) is 2.71. The quantitative estimate of drug-likeness (QED) is 0.594. The number of nitrogens with two attached hydrogens (primary N) is 1. The molecule has 0 unspecified atom stereocenters. The molecule has 2 N–H and O–H groups in total. The van der Waals surface area contributed by atoms with E-state index in [1.54, 1.807) is 7.05 Å². The minimum absolute atomic E-state index is 0.156. The summed E-state index contributed by atoms with van der Waals surface area (Å²) in [4.78, 5) is 23.2. The van der Waals surface area contributed by atoms with Crippen LogP contribution in [0.1, 0.15) is 42.9 Å². The first-order chi connectivity index (χ1) is 9.51. The number of hydrogen-bond donors (Lipinski definition) is 1. The molecule has 7 nitrogen and oxygen atoms in total. The summed E-state index contributed by atoms with van der Waals surface area (Å²) in [6.45, 7) is 3.79. The van der Waals surface area contributed by atoms with Gasteiger partial charge in [0.05, 0.1) is 18.0 Å². The van der Waals surface area contributed by atoms with E-state index in [1.807, 2.05) is 13.8 Å². The first-order valence-electron chi connectivity index (χ1n) is 6.65. The van der Waals surface area contributed by atoms with Gasteiger partial charge in [0.25, 0.3) is 0 Å². The molecule has 20 heavy (non-hydrogen) atoms. The minimum Gasteiger partial charge on any atom is -0.463 e. The second-order valence-corrected chi connectivity index (χ2v) is 4.34. The molecule has 0 fully saturated rings. The zero-order chi connectivity index (χ0) is 15.1. The molecule has 0 amide bonds. The van der Waals surface area contributed by atoms with Crippen LogP contribution in [0.15, 0.2) is 0 Å². The normalized spacial score (nSPS) is 10.3. The van der Waals surface area contributed by atoms with Crippen LogP contribution in [0.25, 0.3) is 0 Å². The van der Waals surface area contributed by atoms with Gasteiger partial charge in [-0.2, -0.15) is 5.10 Å². The maximum atomic E-state index is 11.9. The molecule has 0 spiro atoms. The number of unbranched alkanes of at least 4 members (excludes halogenated alkanes) is 1. The van der Waals surface area contributed by atoms with E-state index >= 15 is 0 Å². The number of hydrogen-bond acceptors (Lipinski definition) is 6. The number of ether oxygens (including phenoxy) is 2. The van der Waals surface area contributed by atoms with Gasteiger partial charge >= 0.3 is 11.9 Å². The van der Waals surface area contributed by atoms with E-state index in [9.17, 15) is 9.59 Å². The van der Waals surface area contributed by atoms with Crippen LogP contribution in [-0.4, -0.2) is 34.9 Å². The predicted molar refractivity (Wildman–Crippen MR) is 73.1 cm³/mol. The van der Waals surface area contributed by atoms with E-state index in [4.69, 9.17) is 15.2 Å². The molecule has 0 saturated carbocycles. The third kappa shape index (κ3) is 3.97. The third-order valence-electron chi connectivity index (χ3n) is 2.77. The van der Waals surface area contributed by atoms with Crippen molar-refractivity contribution in [1.29, 1.82) is 0 Å². The van der Waals surface area contributed by atoms with Gasteiger partial charge in [-0.1, -0.05) is 20.3 Å². The Kier molecular flexibility index (Phi) is 6.02. The van der Waals surface area contributed by atoms with E-state index in [1.165, 1.54) is 4.68 Å². The molecule has 0 saturated heterocycles. The van der Waals surface area contributed by atoms with Crippen molar-refractivity contribution >= 4 is 17.6 Å². The monoisotopic (exact) mass is 283 g/mol. The minimum atomic E-state index is -0.676. The summed E-state index contributed by atoms with van der Waals surface area (Å²) in [7, 11) is 1.60. The summed E-state index contributed by atoms with van der Waals surface area (Å²) in [6.07, 6.45) is 2.33. The second-order valence-electron chi connectivity index (χ2n) is 4.34. The van der Waals surface area contributed by atoms with Crippen molar-refractivity contribution in [2.75, 3.05) is 18.9 Å². The molecule has 1 aromatic heterocycles. The maximum Gasteiger partial charge on any atom is 0.359 e. The van der Waals surface area contributed by atoms with Crippen LogP contribution in [0.5, 0.6) is 0 Å². The first-order valence-corrected chi connectivity index (χ1v) is 6.65. The van der Waals surface area contributed by atoms with Crippen molar-refractivity contribution in [2.24, 2.45) is 7.05 Å². The van der Waals surface area contributed by atoms with E-state index < -0.39 is 18.5 Å². The number of nitrogens with zero attached hydrogens (tertiary/aromatic N) is 2. The topological polar surface area (TPSA) is 96.4 Å². The van der Waals surface area contributed by atoms with Crippen LogP contribution in [-0.2, 0) is 27.7 Å². The van der Waals surface area contributed by atoms with Crippen LogP contribution in [0.4, 0.5) is 5.69 Å². The lowest BCUT2D eigenvalue weighted by Gasteiger charge is -2.06. The Morgan fingerprint density at radius 3 is 2.55 bits per heavy atom. The maximum absolute atomic E-state index is 11.9. The third-order valence-corrected chi connectivity index (χ3v) is 2.77. The first kappa shape index (κ1) is 16.0. The molecule has 1 rings (SSSR count). The van der Waals surface area contributed by atoms with Gasteiger partial charge in [0, 0.05) is 7.05 Å². The largest absolute Gasteiger partial charge is 0.463 e. The second kappa shape index (κ2) is 7.52. The molecule has 112 valence electrons. The highest BCUT2D eigenvalue weighted by Gasteiger charge is 2.21. The smallest absolute Gasteiger partial charge is 0.359 e. The Morgan fingerprint density at radius 1 is 1.30 bits per heavy atom. The molecule has 0 aliphatic heterocycles. The summed E-state index contributed by atoms with van der Waals surface area (Å²) < 4.78 is 11.1. The fraction of sp³-hybridized carbons (Fsp3) is 0.615. The predicted octanol–water partition coefficient (Wildman–Crippen LogP) is 1.06. The van der Waals surface area contributed by atoms with Gasteiger partial charge in [-0.05, 0) is 12.8 Å². The Bertz CT molecular complexity index is 482. The lowest BCUT2D eigenvalue weighted by Crippen LogP contribution is -2.19. The van der Waals surface area contributed by atoms with Crippen molar-refractivity contribution < 1.29 is 19.1 Å². The van der Waals surface area contributed by atoms with Crippen LogP contribution in [0.2, 0.25) is 0 Å². The highest BCUT2D eigenvalue weighted by atomic mass is 16.6. The van der Waals surface area contributed by atoms with E-state index in [0.29, 0.717) is 24.4 Å². The van der Waals surface area contributed by atoms with Crippen molar-refractivity contribution in [1.82, 2.24) is 9.78 Å². The number of anilines is 1. The van der Waals surface area contributed by atoms with Crippen molar-refractivity contribution in [3.05, 3.63) is 11.4 Å². The van der Waals surface area contributed by atoms with E-state index in [0.717, 1.165) is 12.8 Å². The fourth-order valence-corrected chi connectivity index (χ4v) is 1.66. The van der Waals surface area contributed by atoms with Crippen LogP contribution < -0.4 is 5.73 Å². The Hall–Kier alpha value is -2.05. The molecule has 0 radical (unpaired) electrons. The molecular weight excluding hydrogens is 262 g/mol. The number of nitrogen functional groups attached to an aromatic ring is 1. The van der Waals surface area contributed by atoms with E-state index in [2.05, 4.69) is 5.10 Å². The van der Waals surface area contributed by atoms with Gasteiger partial charge in [-0.25, -0.2) is 9.59 Å². The number of aryl methyl sites for hydroxylation is 2. The molecule has 0 aromatic carbocycles. The number of rotatable bonds is 7. The number of esters is 2. The van der Waals surface area contributed by atoms with E-state index in [-0.39, 0.29) is 5.69 Å². The zero-order valence-electron chi connectivity index (χ0n) is 12.1. The lowest BCUT2D eigenvalue weighted by molar-refractivity contribution is -0.147. The van der Waals surface area contributed by atoms with Gasteiger partial charge in [-0.3, -0.25) is 4.68 Å². The SMILES string of the molecule is CCCCOC(=O)COC(=O)c1c(N)c(CC)nn1C. The van der Waals surface area contributed by atoms with Crippen LogP contribution >= 0.6 is 0 Å². The van der Waals surface area contributed by atoms with Crippen molar-refractivity contribution in [2.45, 2.75) is 33.1 Å². The highest BCUT2D eigenvalue weighted by Crippen LogP contribution is 2.17. The summed E-state index contributed by atoms with van der Waals surface area (Å²) >= 11 is 0.